The van der Waals surface area contributed by atoms with Gasteiger partial charge < -0.3 is 18.8 Å². The van der Waals surface area contributed by atoms with Crippen molar-refractivity contribution in [3.8, 4) is 11.5 Å². The second-order valence-corrected chi connectivity index (χ2v) is 9.43. The van der Waals surface area contributed by atoms with Crippen molar-refractivity contribution >= 4 is 28.5 Å². The van der Waals surface area contributed by atoms with Crippen molar-refractivity contribution in [3.05, 3.63) is 103 Å². The van der Waals surface area contributed by atoms with Crippen LogP contribution in [-0.2, 0) is 6.42 Å². The zero-order valence-corrected chi connectivity index (χ0v) is 21.3. The summed E-state index contributed by atoms with van der Waals surface area (Å²) in [5.41, 5.74) is 4.17. The Kier molecular flexibility index (Phi) is 6.22. The van der Waals surface area contributed by atoms with Gasteiger partial charge in [-0.1, -0.05) is 47.5 Å². The maximum absolute atomic E-state index is 13.7. The number of methoxy groups -OCH3 is 2. The van der Waals surface area contributed by atoms with Crippen LogP contribution < -0.4 is 14.9 Å². The number of benzene rings is 3. The monoisotopic (exact) mass is 503 g/mol. The second-order valence-electron chi connectivity index (χ2n) is 9.02. The fraction of sp³-hybridized carbons (Fsp3) is 0.241. The minimum absolute atomic E-state index is 0.0899. The van der Waals surface area contributed by atoms with Gasteiger partial charge in [0.05, 0.1) is 31.2 Å². The van der Waals surface area contributed by atoms with E-state index in [4.69, 9.17) is 25.5 Å². The molecule has 36 heavy (non-hydrogen) atoms. The minimum Gasteiger partial charge on any atom is -0.493 e. The number of hydrogen-bond acceptors (Lipinski definition) is 5. The SMILES string of the molecule is COc1ccc(CCN2C(=O)c3oc4cc(C)c(Cl)cc4c(=O)c3[C@@H]2c2ccc(C)cc2)cc1OC. The van der Waals surface area contributed by atoms with Crippen molar-refractivity contribution < 1.29 is 18.7 Å². The van der Waals surface area contributed by atoms with Gasteiger partial charge in [0.25, 0.3) is 5.91 Å². The van der Waals surface area contributed by atoms with Gasteiger partial charge in [-0.2, -0.15) is 0 Å². The number of amides is 1. The third kappa shape index (κ3) is 4.01. The fourth-order valence-corrected chi connectivity index (χ4v) is 4.92. The van der Waals surface area contributed by atoms with Gasteiger partial charge in [-0.25, -0.2) is 0 Å². The van der Waals surface area contributed by atoms with Crippen LogP contribution in [-0.4, -0.2) is 31.6 Å². The number of aryl methyl sites for hydroxylation is 2. The van der Waals surface area contributed by atoms with Crippen LogP contribution in [0.4, 0.5) is 0 Å². The number of halogens is 1. The number of hydrogen-bond donors (Lipinski definition) is 0. The lowest BCUT2D eigenvalue weighted by atomic mass is 9.97. The molecule has 0 unspecified atom stereocenters. The predicted molar refractivity (Wildman–Crippen MR) is 140 cm³/mol. The summed E-state index contributed by atoms with van der Waals surface area (Å²) in [7, 11) is 3.18. The molecular formula is C29H26ClNO5. The summed E-state index contributed by atoms with van der Waals surface area (Å²) in [5, 5.41) is 0.854. The lowest BCUT2D eigenvalue weighted by Gasteiger charge is -2.25. The van der Waals surface area contributed by atoms with E-state index in [-0.39, 0.29) is 17.1 Å². The Morgan fingerprint density at radius 1 is 0.944 bits per heavy atom. The molecule has 5 rings (SSSR count). The Labute approximate surface area is 214 Å². The average molecular weight is 504 g/mol. The van der Waals surface area contributed by atoms with E-state index in [2.05, 4.69) is 0 Å². The number of rotatable bonds is 6. The van der Waals surface area contributed by atoms with Gasteiger partial charge in [0, 0.05) is 11.6 Å². The van der Waals surface area contributed by atoms with Gasteiger partial charge in [-0.3, -0.25) is 9.59 Å². The first-order valence-electron chi connectivity index (χ1n) is 11.7. The molecule has 4 aromatic rings. The first kappa shape index (κ1) is 23.9. The number of carbonyl (C=O) groups excluding carboxylic acids is 1. The maximum atomic E-state index is 13.7. The van der Waals surface area contributed by atoms with E-state index in [9.17, 15) is 9.59 Å². The standard InChI is InChI=1S/C29H26ClNO5/c1-16-5-8-19(9-6-16)26-25-27(32)20-15-21(30)17(2)13-23(20)36-28(25)29(33)31(26)12-11-18-7-10-22(34-3)24(14-18)35-4/h5-10,13-15,26H,11-12H2,1-4H3/t26-/m0/s1. The highest BCUT2D eigenvalue weighted by molar-refractivity contribution is 6.32. The first-order valence-corrected chi connectivity index (χ1v) is 12.1. The smallest absolute Gasteiger partial charge is 0.290 e. The van der Waals surface area contributed by atoms with Crippen LogP contribution in [0.2, 0.25) is 5.02 Å². The molecule has 1 aliphatic heterocycles. The van der Waals surface area contributed by atoms with Crippen LogP contribution in [0, 0.1) is 13.8 Å². The average Bonchev–Trinajstić information content (AvgIpc) is 3.16. The fourth-order valence-electron chi connectivity index (χ4n) is 4.75. The van der Waals surface area contributed by atoms with Crippen LogP contribution >= 0.6 is 11.6 Å². The molecule has 3 aromatic carbocycles. The van der Waals surface area contributed by atoms with Crippen LogP contribution in [0.25, 0.3) is 11.0 Å². The molecule has 6 nitrogen and oxygen atoms in total. The summed E-state index contributed by atoms with van der Waals surface area (Å²) >= 11 is 6.33. The lowest BCUT2D eigenvalue weighted by molar-refractivity contribution is 0.0730. The Hall–Kier alpha value is -3.77. The summed E-state index contributed by atoms with van der Waals surface area (Å²) in [6, 6.07) is 16.3. The highest BCUT2D eigenvalue weighted by Gasteiger charge is 2.42. The van der Waals surface area contributed by atoms with Crippen molar-refractivity contribution in [1.29, 1.82) is 0 Å². The van der Waals surface area contributed by atoms with Crippen molar-refractivity contribution in [2.75, 3.05) is 20.8 Å². The van der Waals surface area contributed by atoms with Crippen molar-refractivity contribution in [2.45, 2.75) is 26.3 Å². The Bertz CT molecular complexity index is 1540. The van der Waals surface area contributed by atoms with E-state index in [0.717, 1.165) is 22.3 Å². The molecule has 0 spiro atoms. The molecule has 0 aliphatic carbocycles. The minimum atomic E-state index is -0.561. The zero-order chi connectivity index (χ0) is 25.6. The van der Waals surface area contributed by atoms with Gasteiger partial charge in [0.15, 0.2) is 16.9 Å². The van der Waals surface area contributed by atoms with Crippen LogP contribution in [0.15, 0.2) is 63.8 Å². The number of carbonyl (C=O) groups is 1. The van der Waals surface area contributed by atoms with Crippen molar-refractivity contribution in [2.24, 2.45) is 0 Å². The molecule has 0 radical (unpaired) electrons. The summed E-state index contributed by atoms with van der Waals surface area (Å²) in [6.07, 6.45) is 0.557. The Morgan fingerprint density at radius 2 is 1.67 bits per heavy atom. The van der Waals surface area contributed by atoms with Crippen molar-refractivity contribution in [1.82, 2.24) is 4.90 Å². The lowest BCUT2D eigenvalue weighted by Crippen LogP contribution is -2.31. The van der Waals surface area contributed by atoms with Gasteiger partial charge in [-0.15, -0.1) is 0 Å². The topological polar surface area (TPSA) is 69.0 Å². The normalized spacial score (nSPS) is 14.9. The zero-order valence-electron chi connectivity index (χ0n) is 20.6. The molecule has 0 saturated heterocycles. The van der Waals surface area contributed by atoms with Crippen LogP contribution in [0.3, 0.4) is 0 Å². The molecule has 7 heteroatoms. The molecular weight excluding hydrogens is 478 g/mol. The van der Waals surface area contributed by atoms with Gasteiger partial charge >= 0.3 is 0 Å². The highest BCUT2D eigenvalue weighted by atomic mass is 35.5. The third-order valence-electron chi connectivity index (χ3n) is 6.73. The van der Waals surface area contributed by atoms with E-state index in [1.165, 1.54) is 0 Å². The molecule has 184 valence electrons. The van der Waals surface area contributed by atoms with E-state index < -0.39 is 6.04 Å². The van der Waals surface area contributed by atoms with Crippen molar-refractivity contribution in [3.63, 3.8) is 0 Å². The van der Waals surface area contributed by atoms with Crippen LogP contribution in [0.5, 0.6) is 11.5 Å². The molecule has 0 N–H and O–H groups in total. The molecule has 0 saturated carbocycles. The largest absolute Gasteiger partial charge is 0.493 e. The number of nitrogens with zero attached hydrogens (tertiary/aromatic N) is 1. The van der Waals surface area contributed by atoms with E-state index >= 15 is 0 Å². The molecule has 1 atom stereocenters. The Morgan fingerprint density at radius 3 is 2.36 bits per heavy atom. The molecule has 1 aromatic heterocycles. The quantitative estimate of drug-likeness (QED) is 0.329. The van der Waals surface area contributed by atoms with Crippen LogP contribution in [0.1, 0.15) is 44.4 Å². The second kappa shape index (κ2) is 9.36. The van der Waals surface area contributed by atoms with E-state index in [1.807, 2.05) is 56.3 Å². The summed E-state index contributed by atoms with van der Waals surface area (Å²) in [5.74, 6) is 1.05. The van der Waals surface area contributed by atoms with E-state index in [0.29, 0.717) is 46.0 Å². The summed E-state index contributed by atoms with van der Waals surface area (Å²) < 4.78 is 16.8. The van der Waals surface area contributed by atoms with E-state index in [1.54, 1.807) is 31.3 Å². The predicted octanol–water partition coefficient (Wildman–Crippen LogP) is 5.87. The number of ether oxygens (including phenoxy) is 2. The maximum Gasteiger partial charge on any atom is 0.290 e. The van der Waals surface area contributed by atoms with Gasteiger partial charge in [0.2, 0.25) is 5.76 Å². The molecule has 1 amide bonds. The van der Waals surface area contributed by atoms with Gasteiger partial charge in [0.1, 0.15) is 5.58 Å². The third-order valence-corrected chi connectivity index (χ3v) is 7.14. The van der Waals surface area contributed by atoms with Gasteiger partial charge in [-0.05, 0) is 61.2 Å². The Balaban J connectivity index is 1.60. The summed E-state index contributed by atoms with van der Waals surface area (Å²) in [4.78, 5) is 29.1. The molecule has 0 bridgehead atoms. The molecule has 1 aliphatic rings. The molecule has 0 fully saturated rings. The summed E-state index contributed by atoms with van der Waals surface area (Å²) in [6.45, 7) is 4.21. The number of fused-ring (bicyclic) bond motifs is 2. The first-order chi connectivity index (χ1) is 17.3. The molecule has 2 heterocycles. The highest BCUT2D eigenvalue weighted by Crippen LogP contribution is 2.39.